The zero-order valence-corrected chi connectivity index (χ0v) is 11.9. The Balaban J connectivity index is 2.07. The van der Waals surface area contributed by atoms with E-state index in [0.717, 1.165) is 10.9 Å². The average Bonchev–Trinajstić information content (AvgIpc) is 2.86. The molecule has 22 heavy (non-hydrogen) atoms. The molecular weight excluding hydrogens is 279 g/mol. The molecule has 3 rings (SSSR count). The number of nitrogens with two attached hydrogens (primary N) is 1. The Bertz CT molecular complexity index is 652. The maximum Gasteiger partial charge on any atom is 0.293 e. The van der Waals surface area contributed by atoms with Crippen LogP contribution in [0.25, 0.3) is 0 Å². The summed E-state index contributed by atoms with van der Waals surface area (Å²) in [6.07, 6.45) is -0.0813. The number of nitrogens with one attached hydrogen (secondary N) is 1. The van der Waals surface area contributed by atoms with Crippen molar-refractivity contribution in [3.8, 4) is 0 Å². The molecule has 1 amide bonds. The second-order valence-corrected chi connectivity index (χ2v) is 5.43. The zero-order valence-electron chi connectivity index (χ0n) is 11.9. The van der Waals surface area contributed by atoms with E-state index in [1.807, 2.05) is 60.7 Å². The van der Waals surface area contributed by atoms with Gasteiger partial charge in [0.05, 0.1) is 6.04 Å². The minimum absolute atomic E-state index is 0.0813. The lowest BCUT2D eigenvalue weighted by Crippen LogP contribution is -2.68. The molecule has 0 aliphatic carbocycles. The van der Waals surface area contributed by atoms with Gasteiger partial charge in [0.25, 0.3) is 12.5 Å². The molecule has 1 atom stereocenters. The molecule has 5 nitrogen and oxygen atoms in total. The van der Waals surface area contributed by atoms with Crippen molar-refractivity contribution in [2.24, 2.45) is 5.73 Å². The van der Waals surface area contributed by atoms with Crippen molar-refractivity contribution in [3.05, 3.63) is 60.7 Å². The molecule has 1 heterocycles. The number of carbonyl (C=O) groups excluding carboxylic acids is 2. The predicted octanol–water partition coefficient (Wildman–Crippen LogP) is -0.367. The summed E-state index contributed by atoms with van der Waals surface area (Å²) < 4.78 is 5.74. The normalized spacial score (nSPS) is 19.6. The third-order valence-electron chi connectivity index (χ3n) is 3.96. The van der Waals surface area contributed by atoms with E-state index in [4.69, 9.17) is 10.4 Å². The fourth-order valence-corrected chi connectivity index (χ4v) is 2.95. The van der Waals surface area contributed by atoms with Crippen LogP contribution in [-0.2, 0) is 14.2 Å². The fourth-order valence-electron chi connectivity index (χ4n) is 2.95. The molecule has 2 aromatic rings. The maximum atomic E-state index is 12.2. The lowest BCUT2D eigenvalue weighted by atomic mass is 9.42. The van der Waals surface area contributed by atoms with Gasteiger partial charge in [0, 0.05) is 6.42 Å². The van der Waals surface area contributed by atoms with Crippen LogP contribution in [0.5, 0.6) is 0 Å². The number of hydrogen-bond acceptors (Lipinski definition) is 4. The Labute approximate surface area is 128 Å². The number of amides is 1. The molecule has 112 valence electrons. The van der Waals surface area contributed by atoms with E-state index >= 15 is 0 Å². The molecule has 0 saturated carbocycles. The first-order valence-corrected chi connectivity index (χ1v) is 7.16. The highest BCUT2D eigenvalue weighted by Crippen LogP contribution is 2.16. The Morgan fingerprint density at radius 3 is 2.00 bits per heavy atom. The number of rotatable bonds is 4. The van der Waals surface area contributed by atoms with Gasteiger partial charge in [0.1, 0.15) is 0 Å². The van der Waals surface area contributed by atoms with Crippen molar-refractivity contribution in [3.63, 3.8) is 0 Å². The van der Waals surface area contributed by atoms with Crippen LogP contribution >= 0.6 is 0 Å². The first-order valence-electron chi connectivity index (χ1n) is 7.16. The van der Waals surface area contributed by atoms with Gasteiger partial charge in [-0.15, -0.1) is 10.9 Å². The van der Waals surface area contributed by atoms with Gasteiger partial charge in [-0.1, -0.05) is 60.7 Å². The fraction of sp³-hybridized carbons (Fsp3) is 0.125. The van der Waals surface area contributed by atoms with Gasteiger partial charge in [0.2, 0.25) is 5.91 Å². The van der Waals surface area contributed by atoms with Crippen LogP contribution in [0.4, 0.5) is 0 Å². The van der Waals surface area contributed by atoms with Crippen LogP contribution in [0.1, 0.15) is 6.42 Å². The highest BCUT2D eigenvalue weighted by molar-refractivity contribution is 6.97. The standard InChI is InChI=1S/C16H16BN2O3/c18-15(20)11-14-16(21)22-17(19-14,12-7-3-1-4-8-12)13-9-5-2-6-10-13/h1-10,14,19H,11H2,(H2,18,20)/q-1/t14-/m0/s1. The van der Waals surface area contributed by atoms with Crippen LogP contribution in [0.2, 0.25) is 0 Å². The molecular formula is C16H16BN2O3-. The molecule has 3 N–H and O–H groups in total. The van der Waals surface area contributed by atoms with Crippen LogP contribution in [0, 0.1) is 0 Å². The molecule has 0 aromatic heterocycles. The van der Waals surface area contributed by atoms with Crippen molar-refractivity contribution in [2.45, 2.75) is 12.5 Å². The number of hydrogen-bond donors (Lipinski definition) is 2. The van der Waals surface area contributed by atoms with Crippen molar-refractivity contribution in [2.75, 3.05) is 0 Å². The summed E-state index contributed by atoms with van der Waals surface area (Å²) in [6, 6.07) is 18.2. The van der Waals surface area contributed by atoms with E-state index in [-0.39, 0.29) is 6.42 Å². The highest BCUT2D eigenvalue weighted by Gasteiger charge is 2.43. The van der Waals surface area contributed by atoms with E-state index in [1.165, 1.54) is 0 Å². The second kappa shape index (κ2) is 5.65. The molecule has 2 aromatic carbocycles. The summed E-state index contributed by atoms with van der Waals surface area (Å²) in [7, 11) is 0. The monoisotopic (exact) mass is 295 g/mol. The van der Waals surface area contributed by atoms with E-state index < -0.39 is 24.4 Å². The molecule has 0 spiro atoms. The van der Waals surface area contributed by atoms with E-state index in [1.54, 1.807) is 0 Å². The third-order valence-corrected chi connectivity index (χ3v) is 3.96. The Morgan fingerprint density at radius 1 is 1.05 bits per heavy atom. The summed E-state index contributed by atoms with van der Waals surface area (Å²) in [5.41, 5.74) is 6.93. The van der Waals surface area contributed by atoms with Gasteiger partial charge in [0.15, 0.2) is 0 Å². The third kappa shape index (κ3) is 2.49. The van der Waals surface area contributed by atoms with E-state index in [0.29, 0.717) is 0 Å². The molecule has 1 aliphatic rings. The van der Waals surface area contributed by atoms with Gasteiger partial charge in [-0.2, -0.15) is 0 Å². The van der Waals surface area contributed by atoms with Crippen molar-refractivity contribution in [1.82, 2.24) is 5.23 Å². The smallest absolute Gasteiger partial charge is 0.293 e. The molecule has 0 unspecified atom stereocenters. The van der Waals surface area contributed by atoms with Gasteiger partial charge in [-0.05, 0) is 0 Å². The van der Waals surface area contributed by atoms with Crippen molar-refractivity contribution < 1.29 is 14.2 Å². The summed E-state index contributed by atoms with van der Waals surface area (Å²) in [5, 5.41) is 3.21. The van der Waals surface area contributed by atoms with Crippen molar-refractivity contribution >= 4 is 29.3 Å². The lowest BCUT2D eigenvalue weighted by Gasteiger charge is -2.37. The quantitative estimate of drug-likeness (QED) is 0.754. The van der Waals surface area contributed by atoms with E-state index in [9.17, 15) is 9.59 Å². The highest BCUT2D eigenvalue weighted by atomic mass is 16.5. The SMILES string of the molecule is NC(=O)C[C@@H]1N[B-](c2ccccc2)(c2ccccc2)OC1=O. The van der Waals surface area contributed by atoms with Gasteiger partial charge < -0.3 is 15.6 Å². The summed E-state index contributed by atoms with van der Waals surface area (Å²) in [4.78, 5) is 23.4. The summed E-state index contributed by atoms with van der Waals surface area (Å²) in [5.74, 6) is -0.992. The topological polar surface area (TPSA) is 81.4 Å². The zero-order chi connectivity index (χ0) is 15.6. The number of benzene rings is 2. The first kappa shape index (κ1) is 14.3. The second-order valence-electron chi connectivity index (χ2n) is 5.43. The van der Waals surface area contributed by atoms with Crippen LogP contribution in [0.15, 0.2) is 60.7 Å². The van der Waals surface area contributed by atoms with Crippen LogP contribution < -0.4 is 21.9 Å². The van der Waals surface area contributed by atoms with Crippen LogP contribution in [-0.4, -0.2) is 24.4 Å². The van der Waals surface area contributed by atoms with Gasteiger partial charge in [-0.3, -0.25) is 9.59 Å². The minimum Gasteiger partial charge on any atom is -0.667 e. The number of carbonyl (C=O) groups is 2. The number of primary amides is 1. The summed E-state index contributed by atoms with van der Waals surface area (Å²) >= 11 is 0. The Morgan fingerprint density at radius 2 is 1.55 bits per heavy atom. The first-order chi connectivity index (χ1) is 10.6. The Hall–Kier alpha value is -2.60. The average molecular weight is 295 g/mol. The van der Waals surface area contributed by atoms with E-state index in [2.05, 4.69) is 5.23 Å². The lowest BCUT2D eigenvalue weighted by molar-refractivity contribution is -0.136. The Kier molecular flexibility index (Phi) is 3.69. The molecule has 1 aliphatic heterocycles. The largest absolute Gasteiger partial charge is 0.667 e. The van der Waals surface area contributed by atoms with Gasteiger partial charge in [-0.25, -0.2) is 0 Å². The maximum absolute atomic E-state index is 12.2. The van der Waals surface area contributed by atoms with Crippen LogP contribution in [0.3, 0.4) is 0 Å². The molecule has 1 fully saturated rings. The molecule has 6 heteroatoms. The van der Waals surface area contributed by atoms with Crippen molar-refractivity contribution in [1.29, 1.82) is 0 Å². The molecule has 1 saturated heterocycles. The minimum atomic E-state index is -1.90. The molecule has 0 bridgehead atoms. The predicted molar refractivity (Wildman–Crippen MR) is 84.7 cm³/mol. The molecule has 0 radical (unpaired) electrons. The van der Waals surface area contributed by atoms with Gasteiger partial charge >= 0.3 is 0 Å². The summed E-state index contributed by atoms with van der Waals surface area (Å²) in [6.45, 7) is -1.90.